The zero-order valence-corrected chi connectivity index (χ0v) is 23.0. The molecule has 35 heavy (non-hydrogen) atoms. The number of carbonyl (C=O) groups is 1. The summed E-state index contributed by atoms with van der Waals surface area (Å²) in [7, 11) is 0. The Morgan fingerprint density at radius 2 is 1.89 bits per heavy atom. The molecular weight excluding hydrogens is 436 g/mol. The summed E-state index contributed by atoms with van der Waals surface area (Å²) < 4.78 is 16.1. The average Bonchev–Trinajstić information content (AvgIpc) is 3.57. The molecule has 2 unspecified atom stereocenters. The molecule has 5 aliphatic rings. The fourth-order valence-electron chi connectivity index (χ4n) is 9.25. The van der Waals surface area contributed by atoms with Crippen LogP contribution in [-0.2, 0) is 14.2 Å². The highest BCUT2D eigenvalue weighted by atomic mass is 16.7. The summed E-state index contributed by atoms with van der Waals surface area (Å²) in [6, 6.07) is 0. The molecule has 0 N–H and O–H groups in total. The van der Waals surface area contributed by atoms with Crippen molar-refractivity contribution in [1.29, 1.82) is 0 Å². The second-order valence-corrected chi connectivity index (χ2v) is 13.8. The van der Waals surface area contributed by atoms with Gasteiger partial charge in [-0.25, -0.2) is 4.79 Å². The number of rotatable bonds is 8. The van der Waals surface area contributed by atoms with Crippen LogP contribution < -0.4 is 0 Å². The van der Waals surface area contributed by atoms with Crippen LogP contribution in [0.5, 0.6) is 0 Å². The van der Waals surface area contributed by atoms with Gasteiger partial charge in [-0.2, -0.15) is 0 Å². The molecule has 4 heteroatoms. The summed E-state index contributed by atoms with van der Waals surface area (Å²) in [5.74, 6) is 5.14. The fraction of sp³-hybridized carbons (Fsp3) is 0.903. The van der Waals surface area contributed by atoms with Crippen LogP contribution in [0.25, 0.3) is 0 Å². The van der Waals surface area contributed by atoms with Crippen LogP contribution in [0.1, 0.15) is 105 Å². The lowest BCUT2D eigenvalue weighted by Gasteiger charge is -2.58. The fourth-order valence-corrected chi connectivity index (χ4v) is 9.25. The topological polar surface area (TPSA) is 48.1 Å². The monoisotopic (exact) mass is 486 g/mol. The van der Waals surface area contributed by atoms with Crippen molar-refractivity contribution < 1.29 is 19.0 Å². The molecular formula is C31H50O4. The van der Waals surface area contributed by atoms with Gasteiger partial charge in [0.1, 0.15) is 18.8 Å². The minimum absolute atomic E-state index is 0.0325. The van der Waals surface area contributed by atoms with Gasteiger partial charge in [0.2, 0.25) is 0 Å². The lowest BCUT2D eigenvalue weighted by Crippen LogP contribution is -2.51. The van der Waals surface area contributed by atoms with Crippen molar-refractivity contribution in [3.63, 3.8) is 0 Å². The number of ether oxygens (including phenoxy) is 3. The van der Waals surface area contributed by atoms with Gasteiger partial charge in [0.25, 0.3) is 0 Å². The first-order valence-corrected chi connectivity index (χ1v) is 14.8. The third-order valence-electron chi connectivity index (χ3n) is 11.3. The number of fused-ring (bicyclic) bond motifs is 5. The standard InChI is InChI=1S/C31H50O4/c1-20(2)7-6-8-21(3)26-11-12-27-25-10-9-22-17-23(35-29(32)34-19-24-18-33-24)13-15-30(22,4)28(25)14-16-31(26,27)5/h9,20-21,23-28H,6-8,10-19H2,1-5H3/t21?,23-,24?,25-,26+,27-,28-,30-,31+/m0/s1. The first-order chi connectivity index (χ1) is 16.7. The molecule has 0 radical (unpaired) electrons. The molecule has 4 aliphatic carbocycles. The van der Waals surface area contributed by atoms with Crippen molar-refractivity contribution in [3.05, 3.63) is 11.6 Å². The third-order valence-corrected chi connectivity index (χ3v) is 11.3. The zero-order chi connectivity index (χ0) is 24.8. The third kappa shape index (κ3) is 5.07. The number of carbonyl (C=O) groups excluding carboxylic acids is 1. The van der Waals surface area contributed by atoms with Gasteiger partial charge in [-0.3, -0.25) is 0 Å². The van der Waals surface area contributed by atoms with E-state index in [-0.39, 0.29) is 17.6 Å². The van der Waals surface area contributed by atoms with Crippen molar-refractivity contribution >= 4 is 6.16 Å². The van der Waals surface area contributed by atoms with E-state index in [0.717, 1.165) is 54.8 Å². The molecule has 0 aromatic heterocycles. The molecule has 0 aromatic carbocycles. The SMILES string of the molecule is CC(C)CCCC(C)[C@H]1CC[C@H]2[C@@H]3CC=C4C[C@@H](OC(=O)OCC5CO5)CC[C@]4(C)[C@H]3CC[C@]12C. The highest BCUT2D eigenvalue weighted by Crippen LogP contribution is 2.67. The molecule has 198 valence electrons. The second kappa shape index (κ2) is 10.0. The van der Waals surface area contributed by atoms with Gasteiger partial charge >= 0.3 is 6.16 Å². The van der Waals surface area contributed by atoms with Crippen LogP contribution in [0.15, 0.2) is 11.6 Å². The number of allylic oxidation sites excluding steroid dienone is 1. The molecule has 1 heterocycles. The van der Waals surface area contributed by atoms with Gasteiger partial charge in [0.05, 0.1) is 6.61 Å². The van der Waals surface area contributed by atoms with Gasteiger partial charge in [-0.1, -0.05) is 65.5 Å². The lowest BCUT2D eigenvalue weighted by atomic mass is 9.47. The van der Waals surface area contributed by atoms with Gasteiger partial charge in [0, 0.05) is 6.42 Å². The van der Waals surface area contributed by atoms with Crippen molar-refractivity contribution in [2.45, 2.75) is 117 Å². The first kappa shape index (κ1) is 25.6. The molecule has 1 aliphatic heterocycles. The Kier molecular flexibility index (Phi) is 7.34. The molecule has 4 nitrogen and oxygen atoms in total. The average molecular weight is 487 g/mol. The molecule has 1 saturated heterocycles. The molecule has 9 atom stereocenters. The molecule has 0 spiro atoms. The molecule has 4 fully saturated rings. The van der Waals surface area contributed by atoms with E-state index in [9.17, 15) is 4.79 Å². The van der Waals surface area contributed by atoms with Crippen molar-refractivity contribution in [2.75, 3.05) is 13.2 Å². The van der Waals surface area contributed by atoms with Gasteiger partial charge in [-0.15, -0.1) is 0 Å². The minimum atomic E-state index is -0.517. The zero-order valence-electron chi connectivity index (χ0n) is 23.0. The van der Waals surface area contributed by atoms with Crippen LogP contribution in [0.2, 0.25) is 0 Å². The molecule has 3 saturated carbocycles. The maximum Gasteiger partial charge on any atom is 0.508 e. The number of epoxide rings is 1. The van der Waals surface area contributed by atoms with E-state index in [0.29, 0.717) is 18.6 Å². The second-order valence-electron chi connectivity index (χ2n) is 13.8. The van der Waals surface area contributed by atoms with Crippen molar-refractivity contribution in [3.8, 4) is 0 Å². The molecule has 5 rings (SSSR count). The number of hydrogen-bond donors (Lipinski definition) is 0. The first-order valence-electron chi connectivity index (χ1n) is 14.8. The maximum atomic E-state index is 12.1. The van der Waals surface area contributed by atoms with E-state index in [1.807, 2.05) is 0 Å². The van der Waals surface area contributed by atoms with Crippen LogP contribution in [0, 0.1) is 46.3 Å². The Labute approximate surface area is 213 Å². The van der Waals surface area contributed by atoms with Gasteiger partial charge < -0.3 is 14.2 Å². The van der Waals surface area contributed by atoms with E-state index >= 15 is 0 Å². The lowest BCUT2D eigenvalue weighted by molar-refractivity contribution is -0.0618. The smallest absolute Gasteiger partial charge is 0.431 e. The van der Waals surface area contributed by atoms with E-state index in [1.54, 1.807) is 5.57 Å². The Morgan fingerprint density at radius 3 is 2.63 bits per heavy atom. The summed E-state index contributed by atoms with van der Waals surface area (Å²) in [4.78, 5) is 12.1. The Hall–Kier alpha value is -1.03. The normalized spacial score (nSPS) is 43.0. The Bertz CT molecular complexity index is 800. The van der Waals surface area contributed by atoms with Crippen molar-refractivity contribution in [1.82, 2.24) is 0 Å². The van der Waals surface area contributed by atoms with Crippen LogP contribution >= 0.6 is 0 Å². The highest BCUT2D eigenvalue weighted by Gasteiger charge is 2.59. The van der Waals surface area contributed by atoms with Gasteiger partial charge in [-0.05, 0) is 91.3 Å². The molecule has 0 amide bonds. The minimum Gasteiger partial charge on any atom is -0.431 e. The van der Waals surface area contributed by atoms with E-state index in [1.165, 1.54) is 51.4 Å². The summed E-state index contributed by atoms with van der Waals surface area (Å²) in [6.07, 6.45) is 16.2. The van der Waals surface area contributed by atoms with E-state index < -0.39 is 6.16 Å². The van der Waals surface area contributed by atoms with Crippen LogP contribution in [-0.4, -0.2) is 31.6 Å². The molecule has 0 bridgehead atoms. The quantitative estimate of drug-likeness (QED) is 0.198. The summed E-state index contributed by atoms with van der Waals surface area (Å²) >= 11 is 0. The summed E-state index contributed by atoms with van der Waals surface area (Å²) in [5.41, 5.74) is 2.39. The summed E-state index contributed by atoms with van der Waals surface area (Å²) in [6.45, 7) is 13.5. The highest BCUT2D eigenvalue weighted by molar-refractivity contribution is 5.60. The van der Waals surface area contributed by atoms with Crippen LogP contribution in [0.4, 0.5) is 4.79 Å². The van der Waals surface area contributed by atoms with E-state index in [2.05, 4.69) is 40.7 Å². The van der Waals surface area contributed by atoms with Crippen LogP contribution in [0.3, 0.4) is 0 Å². The Morgan fingerprint density at radius 1 is 1.09 bits per heavy atom. The summed E-state index contributed by atoms with van der Waals surface area (Å²) in [5, 5.41) is 0. The largest absolute Gasteiger partial charge is 0.508 e. The maximum absolute atomic E-state index is 12.1. The van der Waals surface area contributed by atoms with Crippen molar-refractivity contribution in [2.24, 2.45) is 46.3 Å². The predicted molar refractivity (Wildman–Crippen MR) is 139 cm³/mol. The van der Waals surface area contributed by atoms with Gasteiger partial charge in [0.15, 0.2) is 0 Å². The van der Waals surface area contributed by atoms with E-state index in [4.69, 9.17) is 14.2 Å². The number of hydrogen-bond acceptors (Lipinski definition) is 4. The molecule has 0 aromatic rings. The Balaban J connectivity index is 1.21. The predicted octanol–water partition coefficient (Wildman–Crippen LogP) is 7.95.